The van der Waals surface area contributed by atoms with Crippen molar-refractivity contribution in [3.63, 3.8) is 0 Å². The minimum absolute atomic E-state index is 0.0478. The summed E-state index contributed by atoms with van der Waals surface area (Å²) in [4.78, 5) is 26.0. The maximum atomic E-state index is 12.5. The lowest BCUT2D eigenvalue weighted by Crippen LogP contribution is -2.46. The molecule has 2 amide bonds. The molecule has 0 aromatic heterocycles. The Hall–Kier alpha value is -0.910. The highest BCUT2D eigenvalue weighted by atomic mass is 32.2. The molecule has 0 aromatic rings. The predicted octanol–water partition coefficient (Wildman–Crippen LogP) is 2.80. The molecule has 130 valence electrons. The molecular weight excluding hydrogens is 312 g/mol. The summed E-state index contributed by atoms with van der Waals surface area (Å²) in [5.74, 6) is 1.44. The van der Waals surface area contributed by atoms with E-state index in [0.29, 0.717) is 13.1 Å². The van der Waals surface area contributed by atoms with Gasteiger partial charge in [-0.15, -0.1) is 0 Å². The number of fused-ring (bicyclic) bond motifs is 1. The lowest BCUT2D eigenvalue weighted by molar-refractivity contribution is -0.149. The average Bonchev–Trinajstić information content (AvgIpc) is 3.07. The van der Waals surface area contributed by atoms with E-state index in [4.69, 9.17) is 0 Å². The Kier molecular flexibility index (Phi) is 5.09. The molecule has 1 aliphatic heterocycles. The molecular formula is C17H28N2O3S. The number of nitrogens with one attached hydrogen (secondary N) is 1. The van der Waals surface area contributed by atoms with E-state index in [-0.39, 0.29) is 18.0 Å². The van der Waals surface area contributed by atoms with Crippen LogP contribution in [0.5, 0.6) is 0 Å². The quantitative estimate of drug-likeness (QED) is 0.826. The molecule has 3 fully saturated rings. The molecule has 5 nitrogen and oxygen atoms in total. The van der Waals surface area contributed by atoms with Gasteiger partial charge in [0.05, 0.1) is 5.41 Å². The van der Waals surface area contributed by atoms with Crippen LogP contribution in [0.1, 0.15) is 44.9 Å². The van der Waals surface area contributed by atoms with Crippen LogP contribution in [0.25, 0.3) is 0 Å². The van der Waals surface area contributed by atoms with Crippen LogP contribution in [0.15, 0.2) is 0 Å². The summed E-state index contributed by atoms with van der Waals surface area (Å²) in [5.41, 5.74) is -0.673. The van der Waals surface area contributed by atoms with E-state index in [1.165, 1.54) is 18.6 Å². The van der Waals surface area contributed by atoms with Gasteiger partial charge in [-0.05, 0) is 62.4 Å². The minimum atomic E-state index is -0.715. The van der Waals surface area contributed by atoms with Gasteiger partial charge in [-0.1, -0.05) is 6.42 Å². The van der Waals surface area contributed by atoms with Crippen LogP contribution >= 0.6 is 11.8 Å². The Morgan fingerprint density at radius 3 is 2.61 bits per heavy atom. The van der Waals surface area contributed by atoms with E-state index in [2.05, 4.69) is 11.6 Å². The highest BCUT2D eigenvalue weighted by molar-refractivity contribution is 7.98. The van der Waals surface area contributed by atoms with E-state index in [0.717, 1.165) is 38.0 Å². The molecule has 0 spiro atoms. The fourth-order valence-electron chi connectivity index (χ4n) is 4.77. The Balaban J connectivity index is 1.51. The number of urea groups is 1. The Morgan fingerprint density at radius 2 is 2.00 bits per heavy atom. The van der Waals surface area contributed by atoms with Crippen molar-refractivity contribution in [1.29, 1.82) is 0 Å². The van der Waals surface area contributed by atoms with Crippen molar-refractivity contribution in [2.24, 2.45) is 17.3 Å². The maximum Gasteiger partial charge on any atom is 0.317 e. The van der Waals surface area contributed by atoms with Gasteiger partial charge in [0.15, 0.2) is 0 Å². The number of thioether (sulfide) groups is 1. The molecule has 0 radical (unpaired) electrons. The van der Waals surface area contributed by atoms with Crippen molar-refractivity contribution in [3.05, 3.63) is 0 Å². The number of rotatable bonds is 4. The maximum absolute atomic E-state index is 12.5. The van der Waals surface area contributed by atoms with E-state index in [9.17, 15) is 14.7 Å². The SMILES string of the molecule is CSCC1CCC(NC(=O)N2C[C@@H]3CCC[C@@]3(C(=O)O)C2)CC1. The van der Waals surface area contributed by atoms with Gasteiger partial charge in [0.25, 0.3) is 0 Å². The zero-order valence-corrected chi connectivity index (χ0v) is 14.7. The fourth-order valence-corrected chi connectivity index (χ4v) is 5.57. The summed E-state index contributed by atoms with van der Waals surface area (Å²) in [6, 6.07) is 0.218. The molecule has 3 rings (SSSR count). The largest absolute Gasteiger partial charge is 0.481 e. The predicted molar refractivity (Wildman–Crippen MR) is 91.6 cm³/mol. The third-order valence-corrected chi connectivity index (χ3v) is 6.97. The van der Waals surface area contributed by atoms with Crippen LogP contribution < -0.4 is 5.32 Å². The van der Waals surface area contributed by atoms with Crippen LogP contribution in [0, 0.1) is 17.3 Å². The number of aliphatic carboxylic acids is 1. The van der Waals surface area contributed by atoms with Crippen LogP contribution in [0.2, 0.25) is 0 Å². The number of carbonyl (C=O) groups is 2. The molecule has 6 heteroatoms. The molecule has 0 unspecified atom stereocenters. The normalized spacial score (nSPS) is 36.7. The van der Waals surface area contributed by atoms with Crippen LogP contribution in [0.4, 0.5) is 4.79 Å². The topological polar surface area (TPSA) is 69.6 Å². The monoisotopic (exact) mass is 340 g/mol. The summed E-state index contributed by atoms with van der Waals surface area (Å²) in [7, 11) is 0. The lowest BCUT2D eigenvalue weighted by atomic mass is 9.81. The second-order valence-electron chi connectivity index (χ2n) is 7.55. The average molecular weight is 340 g/mol. The molecule has 2 saturated carbocycles. The zero-order chi connectivity index (χ0) is 16.4. The highest BCUT2D eigenvalue weighted by Gasteiger charge is 2.55. The van der Waals surface area contributed by atoms with E-state index in [1.807, 2.05) is 11.8 Å². The van der Waals surface area contributed by atoms with Crippen LogP contribution in [0.3, 0.4) is 0 Å². The van der Waals surface area contributed by atoms with Crippen molar-refractivity contribution in [1.82, 2.24) is 10.2 Å². The van der Waals surface area contributed by atoms with Crippen molar-refractivity contribution in [3.8, 4) is 0 Å². The summed E-state index contributed by atoms with van der Waals surface area (Å²) in [5, 5.41) is 12.8. The van der Waals surface area contributed by atoms with Crippen molar-refractivity contribution < 1.29 is 14.7 Å². The second kappa shape index (κ2) is 6.91. The molecule has 3 aliphatic rings. The number of nitrogens with zero attached hydrogens (tertiary/aromatic N) is 1. The number of carbonyl (C=O) groups excluding carboxylic acids is 1. The summed E-state index contributed by atoms with van der Waals surface area (Å²) in [6.07, 6.45) is 9.27. The Bertz CT molecular complexity index is 465. The third-order valence-electron chi connectivity index (χ3n) is 6.16. The summed E-state index contributed by atoms with van der Waals surface area (Å²) >= 11 is 1.90. The number of hydrogen-bond acceptors (Lipinski definition) is 3. The highest BCUT2D eigenvalue weighted by Crippen LogP contribution is 2.48. The van der Waals surface area contributed by atoms with Crippen LogP contribution in [-0.4, -0.2) is 53.1 Å². The Morgan fingerprint density at radius 1 is 1.26 bits per heavy atom. The number of amides is 2. The van der Waals surface area contributed by atoms with E-state index in [1.54, 1.807) is 4.90 Å². The second-order valence-corrected chi connectivity index (χ2v) is 8.46. The van der Waals surface area contributed by atoms with Gasteiger partial charge in [0, 0.05) is 19.1 Å². The standard InChI is InChI=1S/C17H28N2O3S/c1-23-10-12-4-6-14(7-5-12)18-16(22)19-9-13-3-2-8-17(13,11-19)15(20)21/h12-14H,2-11H2,1H3,(H,18,22)(H,20,21)/t12?,13-,14?,17+/m0/s1. The molecule has 2 atom stereocenters. The van der Waals surface area contributed by atoms with E-state index >= 15 is 0 Å². The molecule has 1 saturated heterocycles. The summed E-state index contributed by atoms with van der Waals surface area (Å²) in [6.45, 7) is 1.00. The van der Waals surface area contributed by atoms with Gasteiger partial charge < -0.3 is 15.3 Å². The molecule has 23 heavy (non-hydrogen) atoms. The molecule has 0 aromatic carbocycles. The van der Waals surface area contributed by atoms with Gasteiger partial charge in [-0.25, -0.2) is 4.79 Å². The molecule has 2 N–H and O–H groups in total. The van der Waals surface area contributed by atoms with Crippen molar-refractivity contribution in [2.45, 2.75) is 51.0 Å². The van der Waals surface area contributed by atoms with Crippen molar-refractivity contribution >= 4 is 23.8 Å². The molecule has 2 aliphatic carbocycles. The van der Waals surface area contributed by atoms with Gasteiger partial charge in [-0.2, -0.15) is 11.8 Å². The third kappa shape index (κ3) is 3.32. The first kappa shape index (κ1) is 16.9. The van der Waals surface area contributed by atoms with Gasteiger partial charge in [0.1, 0.15) is 0 Å². The number of likely N-dealkylation sites (tertiary alicyclic amines) is 1. The number of carboxylic acid groups (broad SMARTS) is 1. The molecule has 1 heterocycles. The molecule has 0 bridgehead atoms. The zero-order valence-electron chi connectivity index (χ0n) is 13.9. The van der Waals surface area contributed by atoms with Gasteiger partial charge >= 0.3 is 12.0 Å². The minimum Gasteiger partial charge on any atom is -0.481 e. The first-order chi connectivity index (χ1) is 11.0. The first-order valence-electron chi connectivity index (χ1n) is 8.83. The number of carboxylic acids is 1. The fraction of sp³-hybridized carbons (Fsp3) is 0.882. The van der Waals surface area contributed by atoms with Crippen LogP contribution in [-0.2, 0) is 4.79 Å². The van der Waals surface area contributed by atoms with Gasteiger partial charge in [-0.3, -0.25) is 4.79 Å². The Labute approximate surface area is 142 Å². The smallest absolute Gasteiger partial charge is 0.317 e. The van der Waals surface area contributed by atoms with Gasteiger partial charge in [0.2, 0.25) is 0 Å². The summed E-state index contributed by atoms with van der Waals surface area (Å²) < 4.78 is 0. The first-order valence-corrected chi connectivity index (χ1v) is 10.2. The van der Waals surface area contributed by atoms with Crippen molar-refractivity contribution in [2.75, 3.05) is 25.1 Å². The lowest BCUT2D eigenvalue weighted by Gasteiger charge is -2.30. The van der Waals surface area contributed by atoms with E-state index < -0.39 is 11.4 Å². The number of hydrogen-bond donors (Lipinski definition) is 2.